The maximum atomic E-state index is 11.9. The first-order valence-electron chi connectivity index (χ1n) is 9.11. The first kappa shape index (κ1) is 18.6. The van der Waals surface area contributed by atoms with Gasteiger partial charge in [0.1, 0.15) is 5.82 Å². The van der Waals surface area contributed by atoms with Gasteiger partial charge in [0.15, 0.2) is 5.16 Å². The zero-order valence-electron chi connectivity index (χ0n) is 15.1. The third-order valence-corrected chi connectivity index (χ3v) is 5.24. The number of pyridine rings is 1. The topological polar surface area (TPSA) is 72.7 Å². The average Bonchev–Trinajstić information content (AvgIpc) is 3.33. The highest BCUT2D eigenvalue weighted by molar-refractivity contribution is 7.98. The minimum absolute atomic E-state index is 0.0871. The average molecular weight is 372 g/mol. The Bertz CT molecular complexity index is 738. The van der Waals surface area contributed by atoms with E-state index in [1.54, 1.807) is 36.3 Å². The van der Waals surface area contributed by atoms with Crippen LogP contribution >= 0.6 is 11.8 Å². The van der Waals surface area contributed by atoms with Crippen molar-refractivity contribution in [3.8, 4) is 0 Å². The SMILES string of the molecule is CSc1nnc(CCCNC(=O)/C=C/c2cccnc2)n1C1CCCC1. The van der Waals surface area contributed by atoms with Crippen molar-refractivity contribution in [3.63, 3.8) is 0 Å². The Morgan fingerprint density at radius 1 is 1.38 bits per heavy atom. The van der Waals surface area contributed by atoms with E-state index in [-0.39, 0.29) is 5.91 Å². The molecule has 0 aromatic carbocycles. The Morgan fingerprint density at radius 3 is 2.96 bits per heavy atom. The standard InChI is InChI=1S/C19H25N5OS/c1-26-19-23-22-17(24(19)16-7-2-3-8-16)9-5-13-21-18(25)11-10-15-6-4-12-20-14-15/h4,6,10-12,14,16H,2-3,5,7-9,13H2,1H3,(H,21,25)/b11-10+. The summed E-state index contributed by atoms with van der Waals surface area (Å²) in [5, 5.41) is 12.6. The number of rotatable bonds is 8. The maximum absolute atomic E-state index is 11.9. The zero-order chi connectivity index (χ0) is 18.2. The van der Waals surface area contributed by atoms with Crippen molar-refractivity contribution < 1.29 is 4.79 Å². The van der Waals surface area contributed by atoms with Gasteiger partial charge in [-0.25, -0.2) is 0 Å². The van der Waals surface area contributed by atoms with E-state index < -0.39 is 0 Å². The molecule has 1 aliphatic rings. The molecule has 0 spiro atoms. The number of carbonyl (C=O) groups excluding carboxylic acids is 1. The lowest BCUT2D eigenvalue weighted by Crippen LogP contribution is -2.23. The molecule has 0 bridgehead atoms. The molecule has 1 amide bonds. The predicted molar refractivity (Wildman–Crippen MR) is 104 cm³/mol. The second kappa shape index (κ2) is 9.52. The van der Waals surface area contributed by atoms with Crippen molar-refractivity contribution >= 4 is 23.7 Å². The smallest absolute Gasteiger partial charge is 0.244 e. The van der Waals surface area contributed by atoms with Crippen LogP contribution in [0.15, 0.2) is 35.8 Å². The van der Waals surface area contributed by atoms with Crippen LogP contribution < -0.4 is 5.32 Å². The van der Waals surface area contributed by atoms with Crippen LogP contribution in [-0.2, 0) is 11.2 Å². The molecule has 0 aliphatic heterocycles. The van der Waals surface area contributed by atoms with Gasteiger partial charge in [-0.15, -0.1) is 10.2 Å². The van der Waals surface area contributed by atoms with Crippen LogP contribution in [-0.4, -0.2) is 38.5 Å². The van der Waals surface area contributed by atoms with Crippen LogP contribution in [0.5, 0.6) is 0 Å². The molecule has 26 heavy (non-hydrogen) atoms. The summed E-state index contributed by atoms with van der Waals surface area (Å²) in [5.74, 6) is 0.956. The largest absolute Gasteiger partial charge is 0.353 e. The minimum Gasteiger partial charge on any atom is -0.353 e. The number of nitrogens with zero attached hydrogens (tertiary/aromatic N) is 4. The Hall–Kier alpha value is -2.15. The molecule has 1 N–H and O–H groups in total. The number of nitrogens with one attached hydrogen (secondary N) is 1. The van der Waals surface area contributed by atoms with Crippen molar-refractivity contribution in [1.29, 1.82) is 0 Å². The van der Waals surface area contributed by atoms with Crippen LogP contribution in [0, 0.1) is 0 Å². The van der Waals surface area contributed by atoms with Gasteiger partial charge in [-0.3, -0.25) is 9.78 Å². The van der Waals surface area contributed by atoms with Gasteiger partial charge in [-0.05, 0) is 43.2 Å². The number of amides is 1. The predicted octanol–water partition coefficient (Wildman–Crippen LogP) is 3.27. The molecule has 2 heterocycles. The van der Waals surface area contributed by atoms with Gasteiger partial charge in [-0.1, -0.05) is 30.7 Å². The molecule has 2 aromatic rings. The molecule has 0 radical (unpaired) electrons. The lowest BCUT2D eigenvalue weighted by molar-refractivity contribution is -0.116. The van der Waals surface area contributed by atoms with Gasteiger partial charge in [-0.2, -0.15) is 0 Å². The van der Waals surface area contributed by atoms with Crippen molar-refractivity contribution in [1.82, 2.24) is 25.1 Å². The Kier molecular flexibility index (Phi) is 6.82. The van der Waals surface area contributed by atoms with Crippen LogP contribution in [0.4, 0.5) is 0 Å². The van der Waals surface area contributed by atoms with Gasteiger partial charge >= 0.3 is 0 Å². The molecular formula is C19H25N5OS. The lowest BCUT2D eigenvalue weighted by Gasteiger charge is -2.16. The van der Waals surface area contributed by atoms with Crippen molar-refractivity contribution in [2.45, 2.75) is 49.7 Å². The van der Waals surface area contributed by atoms with E-state index in [1.807, 2.05) is 18.4 Å². The van der Waals surface area contributed by atoms with Gasteiger partial charge in [0.25, 0.3) is 0 Å². The van der Waals surface area contributed by atoms with E-state index in [0.29, 0.717) is 12.6 Å². The Labute approximate surface area is 158 Å². The number of aryl methyl sites for hydroxylation is 1. The van der Waals surface area contributed by atoms with E-state index in [0.717, 1.165) is 29.4 Å². The van der Waals surface area contributed by atoms with Crippen LogP contribution in [0.25, 0.3) is 6.08 Å². The second-order valence-corrected chi connectivity index (χ2v) is 7.20. The molecule has 0 saturated heterocycles. The van der Waals surface area contributed by atoms with Crippen LogP contribution in [0.3, 0.4) is 0 Å². The molecule has 1 aliphatic carbocycles. The molecule has 6 nitrogen and oxygen atoms in total. The highest BCUT2D eigenvalue weighted by atomic mass is 32.2. The molecule has 138 valence electrons. The molecule has 7 heteroatoms. The van der Waals surface area contributed by atoms with E-state index in [4.69, 9.17) is 0 Å². The monoisotopic (exact) mass is 371 g/mol. The summed E-state index contributed by atoms with van der Waals surface area (Å²) in [6.45, 7) is 0.627. The fraction of sp³-hybridized carbons (Fsp3) is 0.474. The first-order valence-corrected chi connectivity index (χ1v) is 10.3. The molecular weight excluding hydrogens is 346 g/mol. The first-order chi connectivity index (χ1) is 12.8. The summed E-state index contributed by atoms with van der Waals surface area (Å²) in [4.78, 5) is 15.9. The summed E-state index contributed by atoms with van der Waals surface area (Å²) in [7, 11) is 0. The fourth-order valence-electron chi connectivity index (χ4n) is 3.31. The Morgan fingerprint density at radius 2 is 2.23 bits per heavy atom. The van der Waals surface area contributed by atoms with Gasteiger partial charge in [0.2, 0.25) is 5.91 Å². The number of carbonyl (C=O) groups is 1. The highest BCUT2D eigenvalue weighted by Gasteiger charge is 2.23. The lowest BCUT2D eigenvalue weighted by atomic mass is 10.2. The number of hydrogen-bond donors (Lipinski definition) is 1. The number of hydrogen-bond acceptors (Lipinski definition) is 5. The molecule has 0 unspecified atom stereocenters. The maximum Gasteiger partial charge on any atom is 0.244 e. The quantitative estimate of drug-likeness (QED) is 0.438. The summed E-state index contributed by atoms with van der Waals surface area (Å²) in [6, 6.07) is 4.30. The zero-order valence-corrected chi connectivity index (χ0v) is 15.9. The molecule has 2 aromatic heterocycles. The van der Waals surface area contributed by atoms with Crippen molar-refractivity contribution in [3.05, 3.63) is 42.0 Å². The summed E-state index contributed by atoms with van der Waals surface area (Å²) in [6.07, 6.45) is 15.5. The summed E-state index contributed by atoms with van der Waals surface area (Å²) in [5.41, 5.74) is 0.914. The van der Waals surface area contributed by atoms with Gasteiger partial charge in [0.05, 0.1) is 0 Å². The van der Waals surface area contributed by atoms with E-state index in [2.05, 4.69) is 25.1 Å². The molecule has 0 atom stereocenters. The third kappa shape index (κ3) is 4.94. The summed E-state index contributed by atoms with van der Waals surface area (Å²) >= 11 is 1.66. The van der Waals surface area contributed by atoms with E-state index >= 15 is 0 Å². The third-order valence-electron chi connectivity index (χ3n) is 4.60. The van der Waals surface area contributed by atoms with E-state index in [1.165, 1.54) is 25.7 Å². The van der Waals surface area contributed by atoms with E-state index in [9.17, 15) is 4.79 Å². The van der Waals surface area contributed by atoms with Crippen molar-refractivity contribution in [2.75, 3.05) is 12.8 Å². The summed E-state index contributed by atoms with van der Waals surface area (Å²) < 4.78 is 2.32. The molecule has 1 fully saturated rings. The fourth-order valence-corrected chi connectivity index (χ4v) is 3.88. The van der Waals surface area contributed by atoms with Crippen LogP contribution in [0.1, 0.15) is 49.5 Å². The van der Waals surface area contributed by atoms with Crippen LogP contribution in [0.2, 0.25) is 0 Å². The molecule has 3 rings (SSSR count). The van der Waals surface area contributed by atoms with Crippen molar-refractivity contribution in [2.24, 2.45) is 0 Å². The second-order valence-electron chi connectivity index (χ2n) is 6.43. The molecule has 1 saturated carbocycles. The van der Waals surface area contributed by atoms with Gasteiger partial charge < -0.3 is 9.88 Å². The highest BCUT2D eigenvalue weighted by Crippen LogP contribution is 2.33. The number of aromatic nitrogens is 4. The van der Waals surface area contributed by atoms with Gasteiger partial charge in [0, 0.05) is 37.5 Å². The minimum atomic E-state index is -0.0871. The normalized spacial score (nSPS) is 15.0. The number of thioether (sulfide) groups is 1. The Balaban J connectivity index is 1.47.